The zero-order valence-electron chi connectivity index (χ0n) is 24.9. The van der Waals surface area contributed by atoms with Crippen LogP contribution >= 0.6 is 0 Å². The molecular formula is C33H48N2O4. The Hall–Kier alpha value is -2.86. The van der Waals surface area contributed by atoms with Crippen molar-refractivity contribution in [3.05, 3.63) is 52.6 Å². The van der Waals surface area contributed by atoms with E-state index in [2.05, 4.69) is 24.1 Å². The fourth-order valence-electron chi connectivity index (χ4n) is 5.52. The number of carbonyl (C=O) groups excluding carboxylic acids is 2. The summed E-state index contributed by atoms with van der Waals surface area (Å²) in [7, 11) is 1.65. The fraction of sp³-hybridized carbons (Fsp3) is 0.576. The molecule has 6 heteroatoms. The molecule has 2 aromatic carbocycles. The number of benzene rings is 2. The van der Waals surface area contributed by atoms with Crippen LogP contribution in [0, 0.1) is 25.7 Å². The summed E-state index contributed by atoms with van der Waals surface area (Å²) in [6.45, 7) is 14.0. The van der Waals surface area contributed by atoms with Crippen LogP contribution in [0.2, 0.25) is 0 Å². The van der Waals surface area contributed by atoms with E-state index in [4.69, 9.17) is 9.47 Å². The highest BCUT2D eigenvalue weighted by atomic mass is 16.5. The van der Waals surface area contributed by atoms with Gasteiger partial charge in [0.05, 0.1) is 7.11 Å². The molecule has 0 bridgehead atoms. The van der Waals surface area contributed by atoms with Crippen molar-refractivity contribution in [2.45, 2.75) is 79.6 Å². The quantitative estimate of drug-likeness (QED) is 0.331. The Morgan fingerprint density at radius 1 is 1.00 bits per heavy atom. The Morgan fingerprint density at radius 3 is 2.28 bits per heavy atom. The van der Waals surface area contributed by atoms with E-state index < -0.39 is 0 Å². The van der Waals surface area contributed by atoms with Gasteiger partial charge >= 0.3 is 0 Å². The molecule has 0 radical (unpaired) electrons. The second-order valence-corrected chi connectivity index (χ2v) is 11.0. The molecule has 0 spiro atoms. The van der Waals surface area contributed by atoms with Crippen molar-refractivity contribution >= 4 is 17.4 Å². The van der Waals surface area contributed by atoms with Crippen molar-refractivity contribution in [2.75, 3.05) is 38.7 Å². The van der Waals surface area contributed by atoms with Crippen LogP contribution in [0.1, 0.15) is 86.3 Å². The normalized spacial score (nSPS) is 18.8. The SMILES string of the molecule is CCC1CCC(C(=O)Nc2ccc(C)c(OC)c2)CC1.CCc1c(C)cc(OCCN2CCC2)cc1C(C)=O. The lowest BCUT2D eigenvalue weighted by molar-refractivity contribution is -0.121. The number of hydrogen-bond donors (Lipinski definition) is 1. The predicted molar refractivity (Wildman–Crippen MR) is 159 cm³/mol. The van der Waals surface area contributed by atoms with E-state index in [0.717, 1.165) is 71.2 Å². The minimum Gasteiger partial charge on any atom is -0.496 e. The van der Waals surface area contributed by atoms with E-state index in [0.29, 0.717) is 6.61 Å². The van der Waals surface area contributed by atoms with E-state index in [-0.39, 0.29) is 17.6 Å². The molecule has 2 aromatic rings. The van der Waals surface area contributed by atoms with E-state index in [9.17, 15) is 9.59 Å². The number of carbonyl (C=O) groups is 2. The fourth-order valence-corrected chi connectivity index (χ4v) is 5.52. The molecule has 39 heavy (non-hydrogen) atoms. The van der Waals surface area contributed by atoms with Gasteiger partial charge in [-0.25, -0.2) is 0 Å². The molecule has 0 unspecified atom stereocenters. The highest BCUT2D eigenvalue weighted by molar-refractivity contribution is 5.96. The van der Waals surface area contributed by atoms with Crippen LogP contribution in [0.15, 0.2) is 30.3 Å². The molecule has 0 atom stereocenters. The standard InChI is InChI=1S/C17H25NO2.C16H23NO2/c1-4-13-6-8-14(9-7-13)17(19)18-15-10-5-12(2)16(11-15)20-3;1-4-15-12(2)10-14(11-16(15)13(3)18)19-9-8-17-6-5-7-17/h5,10-11,13-14H,4,6-9H2,1-3H3,(H,18,19);10-11H,4-9H2,1-3H3. The van der Waals surface area contributed by atoms with Crippen LogP contribution in [-0.2, 0) is 11.2 Å². The molecule has 2 aliphatic rings. The van der Waals surface area contributed by atoms with Gasteiger partial charge in [-0.15, -0.1) is 0 Å². The number of ether oxygens (including phenoxy) is 2. The van der Waals surface area contributed by atoms with Crippen molar-refractivity contribution in [1.82, 2.24) is 4.90 Å². The monoisotopic (exact) mass is 536 g/mol. The smallest absolute Gasteiger partial charge is 0.227 e. The first kappa shape index (κ1) is 30.7. The number of ketones is 1. The van der Waals surface area contributed by atoms with Gasteiger partial charge in [-0.2, -0.15) is 0 Å². The second kappa shape index (κ2) is 15.1. The minimum atomic E-state index is 0.119. The highest BCUT2D eigenvalue weighted by Crippen LogP contribution is 2.32. The van der Waals surface area contributed by atoms with Gasteiger partial charge in [0, 0.05) is 29.8 Å². The Bertz CT molecular complexity index is 1100. The summed E-state index contributed by atoms with van der Waals surface area (Å²) in [4.78, 5) is 26.4. The van der Waals surface area contributed by atoms with E-state index in [1.807, 2.05) is 44.2 Å². The third-order valence-corrected chi connectivity index (χ3v) is 8.27. The molecule has 1 aliphatic carbocycles. The number of aryl methyl sites for hydroxylation is 2. The maximum absolute atomic E-state index is 12.3. The highest BCUT2D eigenvalue weighted by Gasteiger charge is 2.25. The largest absolute Gasteiger partial charge is 0.496 e. The molecule has 1 amide bonds. The zero-order valence-corrected chi connectivity index (χ0v) is 24.9. The average Bonchev–Trinajstić information content (AvgIpc) is 2.91. The third kappa shape index (κ3) is 8.82. The van der Waals surface area contributed by atoms with Gasteiger partial charge in [0.25, 0.3) is 0 Å². The molecular weight excluding hydrogens is 488 g/mol. The average molecular weight is 537 g/mol. The Labute approximate surface area is 235 Å². The molecule has 4 rings (SSSR count). The molecule has 1 aliphatic heterocycles. The first-order chi connectivity index (χ1) is 18.7. The number of Topliss-reactive ketones (excluding diaryl/α,β-unsaturated/α-hetero) is 1. The lowest BCUT2D eigenvalue weighted by Gasteiger charge is -2.30. The number of nitrogens with one attached hydrogen (secondary N) is 1. The molecule has 2 fully saturated rings. The van der Waals surface area contributed by atoms with Crippen LogP contribution in [-0.4, -0.2) is 49.9 Å². The van der Waals surface area contributed by atoms with Gasteiger partial charge in [-0.3, -0.25) is 14.5 Å². The summed E-state index contributed by atoms with van der Waals surface area (Å²) in [6, 6.07) is 9.74. The Kier molecular flexibility index (Phi) is 11.9. The summed E-state index contributed by atoms with van der Waals surface area (Å²) in [6.07, 6.45) is 7.84. The summed E-state index contributed by atoms with van der Waals surface area (Å²) in [5.74, 6) is 2.90. The number of amides is 1. The Morgan fingerprint density at radius 2 is 1.72 bits per heavy atom. The molecule has 6 nitrogen and oxygen atoms in total. The lowest BCUT2D eigenvalue weighted by atomic mass is 9.80. The zero-order chi connectivity index (χ0) is 28.4. The molecule has 1 heterocycles. The van der Waals surface area contributed by atoms with Crippen molar-refractivity contribution in [2.24, 2.45) is 11.8 Å². The van der Waals surface area contributed by atoms with Gasteiger partial charge in [0.1, 0.15) is 18.1 Å². The van der Waals surface area contributed by atoms with Gasteiger partial charge in [0.2, 0.25) is 5.91 Å². The van der Waals surface area contributed by atoms with Crippen molar-refractivity contribution < 1.29 is 19.1 Å². The molecule has 1 saturated heterocycles. The first-order valence-electron chi connectivity index (χ1n) is 14.7. The topological polar surface area (TPSA) is 67.9 Å². The number of hydrogen-bond acceptors (Lipinski definition) is 5. The summed E-state index contributed by atoms with van der Waals surface area (Å²) in [5, 5.41) is 3.03. The van der Waals surface area contributed by atoms with Gasteiger partial charge in [0.15, 0.2) is 5.78 Å². The molecule has 214 valence electrons. The van der Waals surface area contributed by atoms with Crippen molar-refractivity contribution in [3.63, 3.8) is 0 Å². The maximum Gasteiger partial charge on any atom is 0.227 e. The summed E-state index contributed by atoms with van der Waals surface area (Å²) in [5.41, 5.74) is 5.00. The molecule has 1 saturated carbocycles. The van der Waals surface area contributed by atoms with Gasteiger partial charge in [-0.1, -0.05) is 26.3 Å². The first-order valence-corrected chi connectivity index (χ1v) is 14.7. The maximum atomic E-state index is 12.3. The van der Waals surface area contributed by atoms with Gasteiger partial charge < -0.3 is 14.8 Å². The van der Waals surface area contributed by atoms with Crippen molar-refractivity contribution in [3.8, 4) is 11.5 Å². The predicted octanol–water partition coefficient (Wildman–Crippen LogP) is 7.00. The molecule has 1 N–H and O–H groups in total. The lowest BCUT2D eigenvalue weighted by Crippen LogP contribution is -2.39. The summed E-state index contributed by atoms with van der Waals surface area (Å²) < 4.78 is 11.1. The number of likely N-dealkylation sites (tertiary alicyclic amines) is 1. The van der Waals surface area contributed by atoms with Gasteiger partial charge in [-0.05, 0) is 113 Å². The Balaban J connectivity index is 0.000000216. The third-order valence-electron chi connectivity index (χ3n) is 8.27. The summed E-state index contributed by atoms with van der Waals surface area (Å²) >= 11 is 0. The van der Waals surface area contributed by atoms with Crippen LogP contribution in [0.25, 0.3) is 0 Å². The van der Waals surface area contributed by atoms with E-state index >= 15 is 0 Å². The number of rotatable bonds is 10. The number of methoxy groups -OCH3 is 1. The second-order valence-electron chi connectivity index (χ2n) is 11.0. The van der Waals surface area contributed by atoms with Crippen LogP contribution in [0.4, 0.5) is 5.69 Å². The number of nitrogens with zero attached hydrogens (tertiary/aromatic N) is 1. The molecule has 0 aromatic heterocycles. The number of anilines is 1. The minimum absolute atomic E-state index is 0.119. The van der Waals surface area contributed by atoms with E-state index in [1.54, 1.807) is 14.0 Å². The van der Waals surface area contributed by atoms with Crippen LogP contribution < -0.4 is 14.8 Å². The van der Waals surface area contributed by atoms with Crippen LogP contribution in [0.3, 0.4) is 0 Å². The van der Waals surface area contributed by atoms with Crippen molar-refractivity contribution in [1.29, 1.82) is 0 Å². The van der Waals surface area contributed by atoms with Crippen LogP contribution in [0.5, 0.6) is 11.5 Å². The van der Waals surface area contributed by atoms with E-state index in [1.165, 1.54) is 38.8 Å².